The average Bonchev–Trinajstić information content (AvgIpc) is 3.20. The minimum atomic E-state index is -0.616. The van der Waals surface area contributed by atoms with Crippen molar-refractivity contribution in [3.8, 4) is 5.75 Å². The number of methoxy groups -OCH3 is 2. The fourth-order valence-corrected chi connectivity index (χ4v) is 5.05. The van der Waals surface area contributed by atoms with E-state index >= 15 is 0 Å². The van der Waals surface area contributed by atoms with E-state index in [1.165, 1.54) is 7.11 Å². The van der Waals surface area contributed by atoms with E-state index in [2.05, 4.69) is 15.5 Å². The van der Waals surface area contributed by atoms with Gasteiger partial charge in [0, 0.05) is 49.4 Å². The maximum atomic E-state index is 13.1. The highest BCUT2D eigenvalue weighted by Crippen LogP contribution is 2.29. The largest absolute Gasteiger partial charge is 0.497 e. The Bertz CT molecular complexity index is 1150. The Morgan fingerprint density at radius 2 is 1.71 bits per heavy atom. The fraction of sp³-hybridized carbons (Fsp3) is 0.464. The molecule has 0 spiro atoms. The molecule has 204 valence electrons. The Labute approximate surface area is 223 Å². The number of nitrogens with two attached hydrogens (primary N) is 1. The van der Waals surface area contributed by atoms with Gasteiger partial charge in [-0.05, 0) is 68.5 Å². The van der Waals surface area contributed by atoms with Gasteiger partial charge in [-0.1, -0.05) is 6.07 Å². The Balaban J connectivity index is 1.48. The third-order valence-corrected chi connectivity index (χ3v) is 7.23. The van der Waals surface area contributed by atoms with Gasteiger partial charge >= 0.3 is 6.09 Å². The molecule has 2 aromatic rings. The van der Waals surface area contributed by atoms with Gasteiger partial charge in [0.1, 0.15) is 5.75 Å². The third-order valence-electron chi connectivity index (χ3n) is 7.23. The van der Waals surface area contributed by atoms with E-state index in [9.17, 15) is 14.4 Å². The number of nitrogens with one attached hydrogen (secondary N) is 2. The maximum absolute atomic E-state index is 13.1. The van der Waals surface area contributed by atoms with Crippen LogP contribution < -0.4 is 26.0 Å². The quantitative estimate of drug-likeness (QED) is 0.531. The molecule has 0 aromatic heterocycles. The van der Waals surface area contributed by atoms with Gasteiger partial charge in [0.15, 0.2) is 0 Å². The molecule has 2 aromatic carbocycles. The fourth-order valence-electron chi connectivity index (χ4n) is 5.05. The van der Waals surface area contributed by atoms with Crippen molar-refractivity contribution in [3.05, 3.63) is 53.6 Å². The lowest BCUT2D eigenvalue weighted by molar-refractivity contribution is 0.0766. The Kier molecular flexibility index (Phi) is 9.06. The summed E-state index contributed by atoms with van der Waals surface area (Å²) in [4.78, 5) is 42.2. The van der Waals surface area contributed by atoms with Gasteiger partial charge in [-0.25, -0.2) is 4.79 Å². The molecule has 0 bridgehead atoms. The first-order valence-corrected chi connectivity index (χ1v) is 13.1. The zero-order valence-corrected chi connectivity index (χ0v) is 22.1. The average molecular weight is 524 g/mol. The molecular formula is C28H37N5O5. The van der Waals surface area contributed by atoms with Crippen molar-refractivity contribution in [1.82, 2.24) is 10.2 Å². The van der Waals surface area contributed by atoms with E-state index in [1.54, 1.807) is 31.4 Å². The molecule has 0 unspecified atom stereocenters. The summed E-state index contributed by atoms with van der Waals surface area (Å²) in [7, 11) is 2.88. The minimum Gasteiger partial charge on any atom is -0.497 e. The molecule has 3 amide bonds. The summed E-state index contributed by atoms with van der Waals surface area (Å²) >= 11 is 0. The zero-order chi connectivity index (χ0) is 27.1. The number of ether oxygens (including phenoxy) is 2. The lowest BCUT2D eigenvalue weighted by Crippen LogP contribution is -2.40. The highest BCUT2D eigenvalue weighted by Gasteiger charge is 2.24. The second-order valence-electron chi connectivity index (χ2n) is 9.80. The van der Waals surface area contributed by atoms with Gasteiger partial charge < -0.3 is 30.3 Å². The minimum absolute atomic E-state index is 0.0469. The molecule has 1 saturated carbocycles. The Hall–Kier alpha value is -3.79. The van der Waals surface area contributed by atoms with Crippen molar-refractivity contribution in [1.29, 1.82) is 0 Å². The van der Waals surface area contributed by atoms with Crippen LogP contribution in [0.4, 0.5) is 16.2 Å². The van der Waals surface area contributed by atoms with Crippen LogP contribution in [0.25, 0.3) is 0 Å². The van der Waals surface area contributed by atoms with Crippen molar-refractivity contribution < 1.29 is 23.9 Å². The molecule has 4 rings (SSSR count). The summed E-state index contributed by atoms with van der Waals surface area (Å²) in [5, 5.41) is 5.86. The van der Waals surface area contributed by atoms with Crippen LogP contribution in [-0.4, -0.2) is 75.3 Å². The van der Waals surface area contributed by atoms with E-state index in [0.29, 0.717) is 48.7 Å². The van der Waals surface area contributed by atoms with Crippen LogP contribution >= 0.6 is 0 Å². The summed E-state index contributed by atoms with van der Waals surface area (Å²) in [5.41, 5.74) is 8.29. The van der Waals surface area contributed by atoms with Crippen molar-refractivity contribution >= 4 is 29.3 Å². The number of hydrogen-bond donors (Lipinski definition) is 3. The number of anilines is 2. The van der Waals surface area contributed by atoms with Crippen LogP contribution in [0.1, 0.15) is 52.8 Å². The number of nitrogens with zero attached hydrogens (tertiary/aromatic N) is 2. The summed E-state index contributed by atoms with van der Waals surface area (Å²) < 4.78 is 10.1. The summed E-state index contributed by atoms with van der Waals surface area (Å²) in [6, 6.07) is 12.7. The predicted octanol–water partition coefficient (Wildman–Crippen LogP) is 3.23. The molecule has 1 aliphatic heterocycles. The van der Waals surface area contributed by atoms with Gasteiger partial charge in [0.2, 0.25) is 0 Å². The van der Waals surface area contributed by atoms with Gasteiger partial charge in [-0.2, -0.15) is 0 Å². The molecule has 4 N–H and O–H groups in total. The number of carbonyl (C=O) groups is 3. The topological polar surface area (TPSA) is 126 Å². The monoisotopic (exact) mass is 523 g/mol. The van der Waals surface area contributed by atoms with Crippen LogP contribution in [0.2, 0.25) is 0 Å². The van der Waals surface area contributed by atoms with Gasteiger partial charge in [-0.15, -0.1) is 0 Å². The molecule has 2 aliphatic rings. The van der Waals surface area contributed by atoms with Gasteiger partial charge in [0.05, 0.1) is 25.6 Å². The predicted molar refractivity (Wildman–Crippen MR) is 146 cm³/mol. The van der Waals surface area contributed by atoms with Crippen LogP contribution in [-0.2, 0) is 4.74 Å². The highest BCUT2D eigenvalue weighted by molar-refractivity contribution is 5.99. The molecule has 0 atom stereocenters. The van der Waals surface area contributed by atoms with Crippen LogP contribution in [0, 0.1) is 0 Å². The number of rotatable bonds is 6. The Morgan fingerprint density at radius 1 is 0.921 bits per heavy atom. The van der Waals surface area contributed by atoms with Gasteiger partial charge in [0.25, 0.3) is 11.8 Å². The van der Waals surface area contributed by atoms with Crippen LogP contribution in [0.3, 0.4) is 0 Å². The molecule has 10 nitrogen and oxygen atoms in total. The standard InChI is InChI=1S/C28H37N5O5/c1-37-23-6-3-5-20(17-23)27(35)33-14-4-13-32(15-16-33)25-12-7-19(18-24(25)31-28(36)38-2)26(34)30-22-10-8-21(29)9-11-22/h3,5-7,12,17-18,21-22H,4,8-11,13-16,29H2,1-2H3,(H,30,34)(H,31,36). The lowest BCUT2D eigenvalue weighted by Gasteiger charge is -2.28. The summed E-state index contributed by atoms with van der Waals surface area (Å²) in [6.07, 6.45) is 3.64. The molecule has 0 radical (unpaired) electrons. The number of benzene rings is 2. The first kappa shape index (κ1) is 27.3. The highest BCUT2D eigenvalue weighted by atomic mass is 16.5. The van der Waals surface area contributed by atoms with Crippen molar-refractivity contribution in [2.75, 3.05) is 50.6 Å². The molecule has 2 fully saturated rings. The van der Waals surface area contributed by atoms with E-state index < -0.39 is 6.09 Å². The van der Waals surface area contributed by atoms with Crippen molar-refractivity contribution in [2.45, 2.75) is 44.2 Å². The first-order valence-electron chi connectivity index (χ1n) is 13.1. The van der Waals surface area contributed by atoms with E-state index in [0.717, 1.165) is 37.8 Å². The van der Waals surface area contributed by atoms with Crippen molar-refractivity contribution in [2.24, 2.45) is 5.73 Å². The normalized spacial score (nSPS) is 19.8. The van der Waals surface area contributed by atoms with E-state index in [1.807, 2.05) is 23.1 Å². The summed E-state index contributed by atoms with van der Waals surface area (Å²) in [6.45, 7) is 2.38. The second kappa shape index (κ2) is 12.6. The lowest BCUT2D eigenvalue weighted by atomic mass is 9.91. The van der Waals surface area contributed by atoms with Gasteiger partial charge in [-0.3, -0.25) is 14.9 Å². The Morgan fingerprint density at radius 3 is 2.45 bits per heavy atom. The van der Waals surface area contributed by atoms with E-state index in [4.69, 9.17) is 15.2 Å². The third kappa shape index (κ3) is 6.74. The van der Waals surface area contributed by atoms with Crippen LogP contribution in [0.5, 0.6) is 5.75 Å². The molecule has 10 heteroatoms. The molecule has 1 heterocycles. The van der Waals surface area contributed by atoms with Crippen molar-refractivity contribution in [3.63, 3.8) is 0 Å². The number of hydrogen-bond acceptors (Lipinski definition) is 7. The first-order chi connectivity index (χ1) is 18.4. The zero-order valence-electron chi connectivity index (χ0n) is 22.1. The smallest absolute Gasteiger partial charge is 0.411 e. The molecule has 1 saturated heterocycles. The summed E-state index contributed by atoms with van der Waals surface area (Å²) in [5.74, 6) is 0.409. The molecule has 38 heavy (non-hydrogen) atoms. The number of carbonyl (C=O) groups excluding carboxylic acids is 3. The molecular weight excluding hydrogens is 486 g/mol. The van der Waals surface area contributed by atoms with Crippen LogP contribution in [0.15, 0.2) is 42.5 Å². The second-order valence-corrected chi connectivity index (χ2v) is 9.80. The SMILES string of the molecule is COC(=O)Nc1cc(C(=O)NC2CCC(N)CC2)ccc1N1CCCN(C(=O)c2cccc(OC)c2)CC1. The molecule has 1 aliphatic carbocycles. The maximum Gasteiger partial charge on any atom is 0.411 e. The number of amides is 3. The van der Waals surface area contributed by atoms with E-state index in [-0.39, 0.29) is 23.9 Å².